The summed E-state index contributed by atoms with van der Waals surface area (Å²) in [6.07, 6.45) is 3.13. The van der Waals surface area contributed by atoms with Crippen molar-refractivity contribution in [1.82, 2.24) is 0 Å². The van der Waals surface area contributed by atoms with Crippen molar-refractivity contribution in [1.29, 1.82) is 0 Å². The molecule has 0 radical (unpaired) electrons. The minimum absolute atomic E-state index is 0.184. The first kappa shape index (κ1) is 14.9. The van der Waals surface area contributed by atoms with Crippen molar-refractivity contribution in [3.8, 4) is 5.75 Å². The van der Waals surface area contributed by atoms with E-state index in [0.29, 0.717) is 5.92 Å². The molecule has 0 aromatic heterocycles. The molecule has 3 heteroatoms. The number of fused-ring (bicyclic) bond motifs is 1. The Morgan fingerprint density at radius 1 is 1.30 bits per heavy atom. The van der Waals surface area contributed by atoms with Crippen molar-refractivity contribution in [3.63, 3.8) is 0 Å². The summed E-state index contributed by atoms with van der Waals surface area (Å²) in [5.41, 5.74) is 1.62. The third-order valence-corrected chi connectivity index (χ3v) is 4.78. The lowest BCUT2D eigenvalue weighted by atomic mass is 9.75. The number of amides is 1. The van der Waals surface area contributed by atoms with Crippen LogP contribution in [0.2, 0.25) is 0 Å². The molecule has 1 amide bonds. The molecule has 1 heterocycles. The Morgan fingerprint density at radius 2 is 1.95 bits per heavy atom. The predicted octanol–water partition coefficient (Wildman–Crippen LogP) is 3.76. The Bertz CT molecular complexity index is 508. The number of benzene rings is 1. The van der Waals surface area contributed by atoms with Gasteiger partial charge in [-0.1, -0.05) is 38.8 Å². The van der Waals surface area contributed by atoms with E-state index < -0.39 is 5.41 Å². The lowest BCUT2D eigenvalue weighted by molar-refractivity contribution is -0.123. The first-order valence-electron chi connectivity index (χ1n) is 7.45. The first-order valence-corrected chi connectivity index (χ1v) is 7.45. The van der Waals surface area contributed by atoms with Crippen LogP contribution >= 0.6 is 0 Å². The zero-order valence-corrected chi connectivity index (χ0v) is 13.2. The maximum atomic E-state index is 12.8. The van der Waals surface area contributed by atoms with Gasteiger partial charge in [0.05, 0.1) is 18.2 Å². The lowest BCUT2D eigenvalue weighted by Gasteiger charge is -2.27. The number of hydrogen-bond donors (Lipinski definition) is 0. The Hall–Kier alpha value is -1.51. The molecule has 3 nitrogen and oxygen atoms in total. The number of anilines is 1. The number of hydrogen-bond acceptors (Lipinski definition) is 2. The Morgan fingerprint density at radius 3 is 2.50 bits per heavy atom. The number of carbonyl (C=O) groups excluding carboxylic acids is 1. The number of methoxy groups -OCH3 is 1. The summed E-state index contributed by atoms with van der Waals surface area (Å²) in [6.45, 7) is 6.48. The predicted molar refractivity (Wildman–Crippen MR) is 82.4 cm³/mol. The zero-order chi connectivity index (χ0) is 14.9. The molecule has 1 aliphatic rings. The van der Waals surface area contributed by atoms with Gasteiger partial charge in [-0.05, 0) is 30.9 Å². The molecule has 0 saturated carbocycles. The SMILES string of the molecule is CCC(CC)CC1(C)C(=O)N(C)c2c(OC)cccc21. The summed E-state index contributed by atoms with van der Waals surface area (Å²) in [6, 6.07) is 5.97. The van der Waals surface area contributed by atoms with Gasteiger partial charge in [0.25, 0.3) is 0 Å². The van der Waals surface area contributed by atoms with Crippen LogP contribution in [0.3, 0.4) is 0 Å². The largest absolute Gasteiger partial charge is 0.495 e. The average Bonchev–Trinajstić information content (AvgIpc) is 2.67. The van der Waals surface area contributed by atoms with Crippen LogP contribution < -0.4 is 9.64 Å². The number of carbonyl (C=O) groups is 1. The van der Waals surface area contributed by atoms with E-state index in [1.54, 1.807) is 12.0 Å². The average molecular weight is 275 g/mol. The van der Waals surface area contributed by atoms with E-state index in [1.165, 1.54) is 0 Å². The minimum Gasteiger partial charge on any atom is -0.495 e. The van der Waals surface area contributed by atoms with Crippen molar-refractivity contribution in [3.05, 3.63) is 23.8 Å². The highest BCUT2D eigenvalue weighted by Gasteiger charge is 2.47. The number of nitrogens with zero attached hydrogens (tertiary/aromatic N) is 1. The molecule has 20 heavy (non-hydrogen) atoms. The smallest absolute Gasteiger partial charge is 0.237 e. The summed E-state index contributed by atoms with van der Waals surface area (Å²) in [7, 11) is 3.51. The quantitative estimate of drug-likeness (QED) is 0.819. The van der Waals surface area contributed by atoms with Gasteiger partial charge in [0.15, 0.2) is 0 Å². The van der Waals surface area contributed by atoms with Crippen molar-refractivity contribution >= 4 is 11.6 Å². The Kier molecular flexibility index (Phi) is 4.07. The minimum atomic E-state index is -0.421. The number of likely N-dealkylation sites (N-methyl/N-ethyl adjacent to an activating group) is 1. The highest BCUT2D eigenvalue weighted by Crippen LogP contribution is 2.49. The van der Waals surface area contributed by atoms with Crippen LogP contribution in [0.25, 0.3) is 0 Å². The van der Waals surface area contributed by atoms with Gasteiger partial charge in [0.2, 0.25) is 5.91 Å². The molecule has 1 aromatic rings. The fraction of sp³-hybridized carbons (Fsp3) is 0.588. The second-order valence-corrected chi connectivity index (χ2v) is 5.94. The maximum absolute atomic E-state index is 12.8. The molecule has 0 fully saturated rings. The van der Waals surface area contributed by atoms with E-state index in [-0.39, 0.29) is 5.91 Å². The highest BCUT2D eigenvalue weighted by molar-refractivity contribution is 6.08. The standard InChI is InChI=1S/C17H25NO2/c1-6-12(7-2)11-17(3)13-9-8-10-14(20-5)15(13)18(4)16(17)19/h8-10,12H,6-7,11H2,1-5H3. The Labute approximate surface area is 121 Å². The molecule has 2 rings (SSSR count). The van der Waals surface area contributed by atoms with E-state index in [4.69, 9.17) is 4.74 Å². The van der Waals surface area contributed by atoms with Gasteiger partial charge in [-0.2, -0.15) is 0 Å². The number of para-hydroxylation sites is 1. The van der Waals surface area contributed by atoms with Gasteiger partial charge in [-0.15, -0.1) is 0 Å². The summed E-state index contributed by atoms with van der Waals surface area (Å²) in [5, 5.41) is 0. The van der Waals surface area contributed by atoms with Gasteiger partial charge in [-0.25, -0.2) is 0 Å². The number of rotatable bonds is 5. The summed E-state index contributed by atoms with van der Waals surface area (Å²) < 4.78 is 5.43. The van der Waals surface area contributed by atoms with E-state index in [9.17, 15) is 4.79 Å². The van der Waals surface area contributed by atoms with E-state index in [0.717, 1.165) is 36.3 Å². The van der Waals surface area contributed by atoms with Crippen molar-refractivity contribution < 1.29 is 9.53 Å². The van der Waals surface area contributed by atoms with Gasteiger partial charge < -0.3 is 9.64 Å². The van der Waals surface area contributed by atoms with E-state index >= 15 is 0 Å². The van der Waals surface area contributed by atoms with Crippen LogP contribution in [0.15, 0.2) is 18.2 Å². The molecule has 1 aromatic carbocycles. The lowest BCUT2D eigenvalue weighted by Crippen LogP contribution is -2.37. The maximum Gasteiger partial charge on any atom is 0.237 e. The normalized spacial score (nSPS) is 21.5. The highest BCUT2D eigenvalue weighted by atomic mass is 16.5. The number of ether oxygens (including phenoxy) is 1. The first-order chi connectivity index (χ1) is 9.49. The van der Waals surface area contributed by atoms with Crippen LogP contribution in [-0.4, -0.2) is 20.1 Å². The second kappa shape index (κ2) is 5.47. The molecule has 1 atom stereocenters. The van der Waals surface area contributed by atoms with Crippen LogP contribution in [0.4, 0.5) is 5.69 Å². The summed E-state index contributed by atoms with van der Waals surface area (Å²) in [4.78, 5) is 14.6. The zero-order valence-electron chi connectivity index (χ0n) is 13.2. The monoisotopic (exact) mass is 275 g/mol. The van der Waals surface area contributed by atoms with Gasteiger partial charge in [0, 0.05) is 7.05 Å². The van der Waals surface area contributed by atoms with Crippen molar-refractivity contribution in [2.24, 2.45) is 5.92 Å². The fourth-order valence-corrected chi connectivity index (χ4v) is 3.42. The van der Waals surface area contributed by atoms with Crippen LogP contribution in [0.5, 0.6) is 5.75 Å². The molecule has 0 saturated heterocycles. The van der Waals surface area contributed by atoms with Gasteiger partial charge in [-0.3, -0.25) is 4.79 Å². The summed E-state index contributed by atoms with van der Waals surface area (Å²) >= 11 is 0. The molecule has 0 spiro atoms. The molecule has 110 valence electrons. The van der Waals surface area contributed by atoms with E-state index in [2.05, 4.69) is 26.8 Å². The fourth-order valence-electron chi connectivity index (χ4n) is 3.42. The molecule has 1 aliphatic heterocycles. The molecule has 0 aliphatic carbocycles. The third kappa shape index (κ3) is 2.09. The van der Waals surface area contributed by atoms with Crippen LogP contribution in [0.1, 0.15) is 45.6 Å². The molecule has 0 N–H and O–H groups in total. The third-order valence-electron chi connectivity index (χ3n) is 4.78. The van der Waals surface area contributed by atoms with E-state index in [1.807, 2.05) is 19.2 Å². The second-order valence-electron chi connectivity index (χ2n) is 5.94. The van der Waals surface area contributed by atoms with Crippen LogP contribution in [-0.2, 0) is 10.2 Å². The van der Waals surface area contributed by atoms with Crippen LogP contribution in [0, 0.1) is 5.92 Å². The topological polar surface area (TPSA) is 29.5 Å². The molecular weight excluding hydrogens is 250 g/mol. The molecule has 1 unspecified atom stereocenters. The van der Waals surface area contributed by atoms with Crippen molar-refractivity contribution in [2.45, 2.75) is 45.4 Å². The van der Waals surface area contributed by atoms with Gasteiger partial charge in [0.1, 0.15) is 5.75 Å². The van der Waals surface area contributed by atoms with Crippen molar-refractivity contribution in [2.75, 3.05) is 19.1 Å². The summed E-state index contributed by atoms with van der Waals surface area (Å²) in [5.74, 6) is 1.55. The van der Waals surface area contributed by atoms with Gasteiger partial charge >= 0.3 is 0 Å². The molecule has 0 bridgehead atoms. The Balaban J connectivity index is 2.50. The molecular formula is C17H25NO2.